The van der Waals surface area contributed by atoms with E-state index in [9.17, 15) is 9.59 Å². The summed E-state index contributed by atoms with van der Waals surface area (Å²) in [6.07, 6.45) is 1.51. The Balaban J connectivity index is 2.33. The average Bonchev–Trinajstić information content (AvgIpc) is 2.80. The van der Waals surface area contributed by atoms with Gasteiger partial charge in [-0.3, -0.25) is 4.79 Å². The van der Waals surface area contributed by atoms with Gasteiger partial charge in [0.1, 0.15) is 10.4 Å². The molecule has 104 valence electrons. The first-order valence-corrected chi connectivity index (χ1v) is 6.54. The minimum absolute atomic E-state index is 0.0960. The topological polar surface area (TPSA) is 88.5 Å². The summed E-state index contributed by atoms with van der Waals surface area (Å²) in [5.41, 5.74) is 1.25. The maximum atomic E-state index is 12.2. The zero-order valence-electron chi connectivity index (χ0n) is 10.8. The molecule has 0 radical (unpaired) electrons. The standard InChI is InChI=1S/C13H12N2O4S/c1-7-6-20-10(13(17)18)9(7)15-11(16)8-4-3-5-14-12(8)19-2/h3-6H,1-2H3,(H,15,16)(H,17,18). The SMILES string of the molecule is COc1ncccc1C(=O)Nc1c(C)csc1C(=O)O. The molecule has 2 aromatic heterocycles. The molecule has 0 fully saturated rings. The van der Waals surface area contributed by atoms with Crippen molar-refractivity contribution in [2.24, 2.45) is 0 Å². The predicted octanol–water partition coefficient (Wildman–Crippen LogP) is 2.41. The third kappa shape index (κ3) is 2.62. The molecule has 0 atom stereocenters. The number of nitrogens with zero attached hydrogens (tertiary/aromatic N) is 1. The molecule has 0 aliphatic heterocycles. The maximum Gasteiger partial charge on any atom is 0.348 e. The van der Waals surface area contributed by atoms with Crippen molar-refractivity contribution in [2.45, 2.75) is 6.92 Å². The van der Waals surface area contributed by atoms with Gasteiger partial charge in [0, 0.05) is 6.20 Å². The van der Waals surface area contributed by atoms with Crippen LogP contribution < -0.4 is 10.1 Å². The Morgan fingerprint density at radius 3 is 2.85 bits per heavy atom. The van der Waals surface area contributed by atoms with E-state index in [-0.39, 0.29) is 16.3 Å². The zero-order valence-corrected chi connectivity index (χ0v) is 11.7. The summed E-state index contributed by atoms with van der Waals surface area (Å²) in [7, 11) is 1.41. The lowest BCUT2D eigenvalue weighted by atomic mass is 10.2. The Labute approximate surface area is 119 Å². The van der Waals surface area contributed by atoms with Gasteiger partial charge in [-0.1, -0.05) is 0 Å². The molecule has 0 aliphatic rings. The molecule has 0 unspecified atom stereocenters. The summed E-state index contributed by atoms with van der Waals surface area (Å²) in [6.45, 7) is 1.74. The lowest BCUT2D eigenvalue weighted by molar-refractivity contribution is 0.0703. The van der Waals surface area contributed by atoms with Crippen molar-refractivity contribution >= 4 is 28.9 Å². The van der Waals surface area contributed by atoms with Gasteiger partial charge in [0.25, 0.3) is 5.91 Å². The molecule has 0 spiro atoms. The summed E-state index contributed by atoms with van der Waals surface area (Å²) in [6, 6.07) is 3.17. The number of amides is 1. The van der Waals surface area contributed by atoms with E-state index in [1.54, 1.807) is 24.4 Å². The highest BCUT2D eigenvalue weighted by atomic mass is 32.1. The van der Waals surface area contributed by atoms with E-state index in [1.165, 1.54) is 13.3 Å². The second kappa shape index (κ2) is 5.70. The molecule has 2 rings (SSSR count). The van der Waals surface area contributed by atoms with Crippen molar-refractivity contribution in [3.8, 4) is 5.88 Å². The number of anilines is 1. The molecule has 1 amide bonds. The molecule has 20 heavy (non-hydrogen) atoms. The number of hydrogen-bond acceptors (Lipinski definition) is 5. The van der Waals surface area contributed by atoms with Gasteiger partial charge in [-0.15, -0.1) is 11.3 Å². The third-order valence-corrected chi connectivity index (χ3v) is 3.70. The van der Waals surface area contributed by atoms with Gasteiger partial charge < -0.3 is 15.2 Å². The molecule has 0 saturated heterocycles. The van der Waals surface area contributed by atoms with E-state index in [0.29, 0.717) is 11.3 Å². The van der Waals surface area contributed by atoms with Crippen LogP contribution in [0.4, 0.5) is 5.69 Å². The van der Waals surface area contributed by atoms with Crippen molar-refractivity contribution in [1.82, 2.24) is 4.98 Å². The van der Waals surface area contributed by atoms with Crippen LogP contribution in [-0.4, -0.2) is 29.1 Å². The van der Waals surface area contributed by atoms with Crippen LogP contribution in [0.5, 0.6) is 5.88 Å². The van der Waals surface area contributed by atoms with E-state index in [0.717, 1.165) is 11.3 Å². The second-order valence-electron chi connectivity index (χ2n) is 3.94. The molecule has 0 aromatic carbocycles. The van der Waals surface area contributed by atoms with Crippen molar-refractivity contribution in [1.29, 1.82) is 0 Å². The monoisotopic (exact) mass is 292 g/mol. The van der Waals surface area contributed by atoms with Crippen LogP contribution in [0.25, 0.3) is 0 Å². The maximum absolute atomic E-state index is 12.2. The number of pyridine rings is 1. The van der Waals surface area contributed by atoms with Crippen molar-refractivity contribution < 1.29 is 19.4 Å². The predicted molar refractivity (Wildman–Crippen MR) is 74.8 cm³/mol. The van der Waals surface area contributed by atoms with Crippen LogP contribution in [0.15, 0.2) is 23.7 Å². The van der Waals surface area contributed by atoms with Crippen LogP contribution in [0, 0.1) is 6.92 Å². The molecular weight excluding hydrogens is 280 g/mol. The summed E-state index contributed by atoms with van der Waals surface area (Å²) < 4.78 is 5.01. The van der Waals surface area contributed by atoms with Crippen LogP contribution in [0.2, 0.25) is 0 Å². The first-order chi connectivity index (χ1) is 9.54. The van der Waals surface area contributed by atoms with Crippen LogP contribution >= 0.6 is 11.3 Å². The van der Waals surface area contributed by atoms with Gasteiger partial charge in [0.2, 0.25) is 5.88 Å². The van der Waals surface area contributed by atoms with Crippen molar-refractivity contribution in [3.05, 3.63) is 39.7 Å². The Morgan fingerprint density at radius 2 is 2.20 bits per heavy atom. The fraction of sp³-hybridized carbons (Fsp3) is 0.154. The van der Waals surface area contributed by atoms with E-state index in [1.807, 2.05) is 0 Å². The Bertz CT molecular complexity index is 666. The van der Waals surface area contributed by atoms with Crippen molar-refractivity contribution in [3.63, 3.8) is 0 Å². The van der Waals surface area contributed by atoms with E-state index in [2.05, 4.69) is 10.3 Å². The minimum Gasteiger partial charge on any atom is -0.480 e. The molecular formula is C13H12N2O4S. The quantitative estimate of drug-likeness (QED) is 0.903. The number of aromatic nitrogens is 1. The van der Waals surface area contributed by atoms with E-state index < -0.39 is 11.9 Å². The number of methoxy groups -OCH3 is 1. The number of ether oxygens (including phenoxy) is 1. The summed E-state index contributed by atoms with van der Waals surface area (Å²) >= 11 is 1.07. The largest absolute Gasteiger partial charge is 0.480 e. The fourth-order valence-corrected chi connectivity index (χ4v) is 2.51. The van der Waals surface area contributed by atoms with E-state index >= 15 is 0 Å². The number of aryl methyl sites for hydroxylation is 1. The number of rotatable bonds is 4. The van der Waals surface area contributed by atoms with Crippen LogP contribution in [0.1, 0.15) is 25.6 Å². The molecule has 0 aliphatic carbocycles. The number of carboxylic acids is 1. The lowest BCUT2D eigenvalue weighted by Gasteiger charge is -2.08. The normalized spacial score (nSPS) is 10.1. The van der Waals surface area contributed by atoms with Gasteiger partial charge in [0.05, 0.1) is 12.8 Å². The smallest absolute Gasteiger partial charge is 0.348 e. The van der Waals surface area contributed by atoms with Gasteiger partial charge in [-0.2, -0.15) is 0 Å². The molecule has 6 nitrogen and oxygen atoms in total. The van der Waals surface area contributed by atoms with Crippen molar-refractivity contribution in [2.75, 3.05) is 12.4 Å². The summed E-state index contributed by atoms with van der Waals surface area (Å²) in [5.74, 6) is -1.34. The number of carboxylic acid groups (broad SMARTS) is 1. The molecule has 7 heteroatoms. The highest BCUT2D eigenvalue weighted by Gasteiger charge is 2.20. The Kier molecular flexibility index (Phi) is 3.99. The first kappa shape index (κ1) is 14.0. The molecule has 0 saturated carbocycles. The molecule has 2 aromatic rings. The van der Waals surface area contributed by atoms with Crippen LogP contribution in [0.3, 0.4) is 0 Å². The van der Waals surface area contributed by atoms with Gasteiger partial charge >= 0.3 is 5.97 Å². The Hall–Kier alpha value is -2.41. The summed E-state index contributed by atoms with van der Waals surface area (Å²) in [5, 5.41) is 13.4. The zero-order chi connectivity index (χ0) is 14.7. The highest BCUT2D eigenvalue weighted by molar-refractivity contribution is 7.12. The number of carbonyl (C=O) groups is 2. The Morgan fingerprint density at radius 1 is 1.45 bits per heavy atom. The van der Waals surface area contributed by atoms with Crippen LogP contribution in [-0.2, 0) is 0 Å². The average molecular weight is 292 g/mol. The molecule has 2 heterocycles. The van der Waals surface area contributed by atoms with Gasteiger partial charge in [-0.05, 0) is 30.0 Å². The minimum atomic E-state index is -1.07. The number of thiophene rings is 1. The lowest BCUT2D eigenvalue weighted by Crippen LogP contribution is -2.15. The third-order valence-electron chi connectivity index (χ3n) is 2.62. The second-order valence-corrected chi connectivity index (χ2v) is 4.82. The van der Waals surface area contributed by atoms with Gasteiger partial charge in [0.15, 0.2) is 0 Å². The molecule has 0 bridgehead atoms. The molecule has 2 N–H and O–H groups in total. The number of hydrogen-bond donors (Lipinski definition) is 2. The number of aromatic carboxylic acids is 1. The fourth-order valence-electron chi connectivity index (χ4n) is 1.66. The number of nitrogens with one attached hydrogen (secondary N) is 1. The first-order valence-electron chi connectivity index (χ1n) is 5.66. The number of carbonyl (C=O) groups excluding carboxylic acids is 1. The van der Waals surface area contributed by atoms with E-state index in [4.69, 9.17) is 9.84 Å². The highest BCUT2D eigenvalue weighted by Crippen LogP contribution is 2.28. The van der Waals surface area contributed by atoms with Gasteiger partial charge in [-0.25, -0.2) is 9.78 Å². The summed E-state index contributed by atoms with van der Waals surface area (Å²) in [4.78, 5) is 27.3.